The van der Waals surface area contributed by atoms with Crippen molar-refractivity contribution in [1.29, 1.82) is 0 Å². The molecule has 0 radical (unpaired) electrons. The second-order valence-corrected chi connectivity index (χ2v) is 5.60. The first-order valence-corrected chi connectivity index (χ1v) is 6.72. The van der Waals surface area contributed by atoms with Crippen molar-refractivity contribution in [2.24, 2.45) is 0 Å². The molecule has 82 valence electrons. The highest BCUT2D eigenvalue weighted by Crippen LogP contribution is 2.24. The van der Waals surface area contributed by atoms with Crippen molar-refractivity contribution in [3.63, 3.8) is 0 Å². The number of hydrogen-bond acceptors (Lipinski definition) is 2. The predicted molar refractivity (Wildman–Crippen MR) is 71.5 cm³/mol. The number of rotatable bonds is 3. The lowest BCUT2D eigenvalue weighted by atomic mass is 10.1. The van der Waals surface area contributed by atoms with Gasteiger partial charge < -0.3 is 0 Å². The van der Waals surface area contributed by atoms with Gasteiger partial charge in [-0.05, 0) is 39.5 Å². The second-order valence-electron chi connectivity index (χ2n) is 3.31. The van der Waals surface area contributed by atoms with Crippen LogP contribution in [0.3, 0.4) is 0 Å². The highest BCUT2D eigenvalue weighted by atomic mass is 79.9. The van der Waals surface area contributed by atoms with Gasteiger partial charge in [0.2, 0.25) is 0 Å². The Hall–Kier alpha value is -0.640. The highest BCUT2D eigenvalue weighted by molar-refractivity contribution is 9.10. The molecule has 1 heterocycles. The first kappa shape index (κ1) is 11.8. The predicted octanol–water partition coefficient (Wildman–Crippen LogP) is 4.59. The molecule has 0 saturated carbocycles. The van der Waals surface area contributed by atoms with Gasteiger partial charge in [0.05, 0.1) is 5.02 Å². The fourth-order valence-electron chi connectivity index (χ4n) is 1.34. The average Bonchev–Trinajstić information content (AvgIpc) is 2.74. The van der Waals surface area contributed by atoms with E-state index in [1.807, 2.05) is 17.5 Å². The molecule has 0 aliphatic carbocycles. The van der Waals surface area contributed by atoms with E-state index >= 15 is 0 Å². The topological polar surface area (TPSA) is 17.1 Å². The SMILES string of the molecule is O=C(Cc1cccs1)c1ccc(Br)c(Cl)c1. The highest BCUT2D eigenvalue weighted by Gasteiger charge is 2.09. The normalized spacial score (nSPS) is 10.4. The van der Waals surface area contributed by atoms with Crippen LogP contribution in [0.15, 0.2) is 40.2 Å². The van der Waals surface area contributed by atoms with Crippen molar-refractivity contribution >= 4 is 44.7 Å². The number of carbonyl (C=O) groups excluding carboxylic acids is 1. The van der Waals surface area contributed by atoms with E-state index < -0.39 is 0 Å². The Balaban J connectivity index is 2.18. The number of halogens is 2. The van der Waals surface area contributed by atoms with Crippen molar-refractivity contribution in [1.82, 2.24) is 0 Å². The van der Waals surface area contributed by atoms with Crippen LogP contribution in [0, 0.1) is 0 Å². The molecule has 0 fully saturated rings. The fraction of sp³-hybridized carbons (Fsp3) is 0.0833. The summed E-state index contributed by atoms with van der Waals surface area (Å²) in [5, 5.41) is 2.54. The smallest absolute Gasteiger partial charge is 0.168 e. The van der Waals surface area contributed by atoms with E-state index in [0.29, 0.717) is 17.0 Å². The zero-order chi connectivity index (χ0) is 11.5. The monoisotopic (exact) mass is 314 g/mol. The molecule has 16 heavy (non-hydrogen) atoms. The van der Waals surface area contributed by atoms with E-state index in [-0.39, 0.29) is 5.78 Å². The maximum Gasteiger partial charge on any atom is 0.168 e. The van der Waals surface area contributed by atoms with E-state index in [0.717, 1.165) is 9.35 Å². The summed E-state index contributed by atoms with van der Waals surface area (Å²) in [6, 6.07) is 9.18. The molecule has 2 aromatic rings. The minimum atomic E-state index is 0.0943. The van der Waals surface area contributed by atoms with Crippen molar-refractivity contribution in [3.8, 4) is 0 Å². The minimum absolute atomic E-state index is 0.0943. The lowest BCUT2D eigenvalue weighted by Gasteiger charge is -2.01. The first-order valence-electron chi connectivity index (χ1n) is 4.67. The van der Waals surface area contributed by atoms with Gasteiger partial charge in [-0.2, -0.15) is 0 Å². The molecule has 0 aliphatic heterocycles. The maximum atomic E-state index is 11.9. The largest absolute Gasteiger partial charge is 0.294 e. The number of carbonyl (C=O) groups is 1. The van der Waals surface area contributed by atoms with Crippen molar-refractivity contribution < 1.29 is 4.79 Å². The van der Waals surface area contributed by atoms with Crippen LogP contribution in [0.2, 0.25) is 5.02 Å². The van der Waals surface area contributed by atoms with Gasteiger partial charge in [0.15, 0.2) is 5.78 Å². The maximum absolute atomic E-state index is 11.9. The van der Waals surface area contributed by atoms with Gasteiger partial charge in [-0.1, -0.05) is 23.7 Å². The summed E-state index contributed by atoms with van der Waals surface area (Å²) in [6.45, 7) is 0. The summed E-state index contributed by atoms with van der Waals surface area (Å²) in [5.41, 5.74) is 0.654. The summed E-state index contributed by atoms with van der Waals surface area (Å²) < 4.78 is 0.807. The van der Waals surface area contributed by atoms with Crippen molar-refractivity contribution in [3.05, 3.63) is 55.6 Å². The zero-order valence-electron chi connectivity index (χ0n) is 8.24. The lowest BCUT2D eigenvalue weighted by Crippen LogP contribution is -2.01. The third-order valence-corrected chi connectivity index (χ3v) is 4.27. The molecule has 4 heteroatoms. The van der Waals surface area contributed by atoms with Crippen molar-refractivity contribution in [2.75, 3.05) is 0 Å². The van der Waals surface area contributed by atoms with Gasteiger partial charge in [-0.3, -0.25) is 4.79 Å². The van der Waals surface area contributed by atoms with Crippen LogP contribution in [0.5, 0.6) is 0 Å². The Morgan fingerprint density at radius 3 is 2.81 bits per heavy atom. The molecule has 0 unspecified atom stereocenters. The number of Topliss-reactive ketones (excluding diaryl/α,β-unsaturated/α-hetero) is 1. The van der Waals surface area contributed by atoms with Crippen LogP contribution in [0.4, 0.5) is 0 Å². The molecule has 1 nitrogen and oxygen atoms in total. The summed E-state index contributed by atoms with van der Waals surface area (Å²) in [5.74, 6) is 0.0943. The van der Waals surface area contributed by atoms with Crippen LogP contribution in [0.1, 0.15) is 15.2 Å². The van der Waals surface area contributed by atoms with Crippen molar-refractivity contribution in [2.45, 2.75) is 6.42 Å². The standard InChI is InChI=1S/C12H8BrClOS/c13-10-4-3-8(6-11(10)14)12(15)7-9-2-1-5-16-9/h1-6H,7H2. The fourth-order valence-corrected chi connectivity index (χ4v) is 2.47. The molecule has 0 atom stereocenters. The van der Waals surface area contributed by atoms with Gasteiger partial charge in [0.25, 0.3) is 0 Å². The molecular weight excluding hydrogens is 308 g/mol. The number of benzene rings is 1. The summed E-state index contributed by atoms with van der Waals surface area (Å²) in [6.07, 6.45) is 0.440. The van der Waals surface area contributed by atoms with Crippen LogP contribution in [-0.2, 0) is 6.42 Å². The van der Waals surface area contributed by atoms with E-state index in [9.17, 15) is 4.79 Å². The average molecular weight is 316 g/mol. The molecule has 0 amide bonds. The van der Waals surface area contributed by atoms with Gasteiger partial charge in [0.1, 0.15) is 0 Å². The Morgan fingerprint density at radius 2 is 2.19 bits per heavy atom. The molecule has 0 N–H and O–H groups in total. The lowest BCUT2D eigenvalue weighted by molar-refractivity contribution is 0.0994. The Labute approximate surface area is 111 Å². The van der Waals surface area contributed by atoms with Crippen LogP contribution in [0.25, 0.3) is 0 Å². The number of ketones is 1. The van der Waals surface area contributed by atoms with Gasteiger partial charge >= 0.3 is 0 Å². The molecule has 0 spiro atoms. The summed E-state index contributed by atoms with van der Waals surface area (Å²) >= 11 is 10.8. The molecule has 0 bridgehead atoms. The Bertz CT molecular complexity index is 508. The van der Waals surface area contributed by atoms with E-state index in [4.69, 9.17) is 11.6 Å². The third-order valence-electron chi connectivity index (χ3n) is 2.16. The van der Waals surface area contributed by atoms with Gasteiger partial charge in [0, 0.05) is 21.3 Å². The molecule has 0 saturated heterocycles. The van der Waals surface area contributed by atoms with Crippen LogP contribution in [-0.4, -0.2) is 5.78 Å². The summed E-state index contributed by atoms with van der Waals surface area (Å²) in [7, 11) is 0. The molecule has 1 aromatic heterocycles. The quantitative estimate of drug-likeness (QED) is 0.757. The Morgan fingerprint density at radius 1 is 1.38 bits per heavy atom. The molecular formula is C12H8BrClOS. The second kappa shape index (κ2) is 5.13. The first-order chi connectivity index (χ1) is 7.66. The van der Waals surface area contributed by atoms with E-state index in [1.165, 1.54) is 0 Å². The minimum Gasteiger partial charge on any atom is -0.294 e. The zero-order valence-corrected chi connectivity index (χ0v) is 11.4. The van der Waals surface area contributed by atoms with Gasteiger partial charge in [-0.25, -0.2) is 0 Å². The van der Waals surface area contributed by atoms with E-state index in [1.54, 1.807) is 29.5 Å². The number of thiophene rings is 1. The van der Waals surface area contributed by atoms with Gasteiger partial charge in [-0.15, -0.1) is 11.3 Å². The molecule has 1 aromatic carbocycles. The van der Waals surface area contributed by atoms with Crippen LogP contribution >= 0.6 is 38.9 Å². The molecule has 0 aliphatic rings. The summed E-state index contributed by atoms with van der Waals surface area (Å²) in [4.78, 5) is 13.0. The van der Waals surface area contributed by atoms with E-state index in [2.05, 4.69) is 15.9 Å². The van der Waals surface area contributed by atoms with Crippen LogP contribution < -0.4 is 0 Å². The Kier molecular flexibility index (Phi) is 3.79. The third kappa shape index (κ3) is 2.73. The number of hydrogen-bond donors (Lipinski definition) is 0. The molecule has 2 rings (SSSR count).